The molecule has 5 aliphatic rings. The summed E-state index contributed by atoms with van der Waals surface area (Å²) in [6, 6.07) is 4.81. The van der Waals surface area contributed by atoms with Crippen molar-refractivity contribution in [2.45, 2.75) is 73.6 Å². The van der Waals surface area contributed by atoms with Gasteiger partial charge in [0, 0.05) is 17.5 Å². The van der Waals surface area contributed by atoms with Crippen LogP contribution in [0.25, 0.3) is 0 Å². The Hall–Kier alpha value is -2.10. The Balaban J connectivity index is 1.51. The summed E-state index contributed by atoms with van der Waals surface area (Å²) >= 11 is 17.7. The third kappa shape index (κ3) is 3.62. The molecule has 6 rings (SSSR count). The fourth-order valence-electron chi connectivity index (χ4n) is 7.87. The van der Waals surface area contributed by atoms with Crippen molar-refractivity contribution in [1.29, 1.82) is 0 Å². The summed E-state index contributed by atoms with van der Waals surface area (Å²) in [6.07, 6.45) is 6.74. The van der Waals surface area contributed by atoms with Gasteiger partial charge >= 0.3 is 0 Å². The lowest BCUT2D eigenvalue weighted by atomic mass is 9.56. The van der Waals surface area contributed by atoms with E-state index in [2.05, 4.69) is 15.9 Å². The van der Waals surface area contributed by atoms with Crippen molar-refractivity contribution in [2.75, 3.05) is 12.1 Å². The second-order valence-electron chi connectivity index (χ2n) is 11.5. The van der Waals surface area contributed by atoms with Gasteiger partial charge in [-0.1, -0.05) is 59.0 Å². The minimum Gasteiger partial charge on any atom is -0.504 e. The number of imide groups is 2. The van der Waals surface area contributed by atoms with Crippen molar-refractivity contribution in [2.24, 2.45) is 17.8 Å². The fraction of sp³-hybridized carbons (Fsp3) is 0.586. The lowest BCUT2D eigenvalue weighted by Gasteiger charge is -2.50. The number of benzene rings is 1. The molecule has 4 fully saturated rings. The average molecular weight is 654 g/mol. The van der Waals surface area contributed by atoms with E-state index in [9.17, 15) is 24.3 Å². The number of phenols is 1. The maximum absolute atomic E-state index is 14.1. The molecule has 11 heteroatoms. The summed E-state index contributed by atoms with van der Waals surface area (Å²) in [6.45, 7) is 2.08. The second-order valence-corrected chi connectivity index (χ2v) is 13.2. The van der Waals surface area contributed by atoms with E-state index in [1.54, 1.807) is 25.1 Å². The number of nitrogens with zero attached hydrogens (tertiary/aromatic N) is 2. The third-order valence-corrected chi connectivity index (χ3v) is 11.5. The lowest BCUT2D eigenvalue weighted by molar-refractivity contribution is -0.144. The number of amides is 4. The van der Waals surface area contributed by atoms with E-state index in [1.165, 1.54) is 4.90 Å². The highest BCUT2D eigenvalue weighted by Gasteiger charge is 2.76. The normalized spacial score (nSPS) is 36.0. The number of rotatable bonds is 5. The third-order valence-electron chi connectivity index (χ3n) is 9.63. The molecule has 1 aromatic rings. The first-order chi connectivity index (χ1) is 19.1. The molecule has 2 aliphatic heterocycles. The van der Waals surface area contributed by atoms with Crippen LogP contribution in [0.2, 0.25) is 0 Å². The number of likely N-dealkylation sites (tertiary alicyclic amines) is 2. The quantitative estimate of drug-likeness (QED) is 0.211. The van der Waals surface area contributed by atoms with Gasteiger partial charge in [0.25, 0.3) is 11.8 Å². The van der Waals surface area contributed by atoms with Crippen molar-refractivity contribution < 1.29 is 29.0 Å². The van der Waals surface area contributed by atoms with Gasteiger partial charge in [0.15, 0.2) is 21.2 Å². The van der Waals surface area contributed by atoms with Crippen LogP contribution < -0.4 is 4.74 Å². The van der Waals surface area contributed by atoms with Crippen molar-refractivity contribution in [1.82, 2.24) is 9.80 Å². The van der Waals surface area contributed by atoms with Gasteiger partial charge in [-0.25, -0.2) is 0 Å². The van der Waals surface area contributed by atoms with Crippen LogP contribution in [-0.4, -0.2) is 66.4 Å². The van der Waals surface area contributed by atoms with Gasteiger partial charge in [-0.15, -0.1) is 23.2 Å². The molecule has 214 valence electrons. The monoisotopic (exact) mass is 652 g/mol. The number of phenolic OH excluding ortho intramolecular Hbond substituents is 1. The molecule has 3 aliphatic carbocycles. The number of fused-ring (bicyclic) bond motifs is 4. The summed E-state index contributed by atoms with van der Waals surface area (Å²) in [5.74, 6) is -4.64. The summed E-state index contributed by atoms with van der Waals surface area (Å²) in [4.78, 5) is 53.9. The van der Waals surface area contributed by atoms with Crippen LogP contribution in [0.1, 0.15) is 63.4 Å². The zero-order valence-corrected chi connectivity index (χ0v) is 25.2. The first kappa shape index (κ1) is 28.0. The predicted octanol–water partition coefficient (Wildman–Crippen LogP) is 4.83. The average Bonchev–Trinajstić information content (AvgIpc) is 3.28. The summed E-state index contributed by atoms with van der Waals surface area (Å²) in [5.41, 5.74) is 0.841. The maximum atomic E-state index is 14.1. The maximum Gasteiger partial charge on any atom is 0.254 e. The molecule has 2 saturated heterocycles. The molecule has 1 aromatic carbocycles. The zero-order chi connectivity index (χ0) is 28.6. The van der Waals surface area contributed by atoms with Gasteiger partial charge in [0.1, 0.15) is 0 Å². The van der Waals surface area contributed by atoms with Crippen molar-refractivity contribution >= 4 is 62.8 Å². The zero-order valence-electron chi connectivity index (χ0n) is 22.1. The number of carbonyl (C=O) groups is 4. The van der Waals surface area contributed by atoms with Crippen LogP contribution >= 0.6 is 39.1 Å². The van der Waals surface area contributed by atoms with Gasteiger partial charge in [-0.2, -0.15) is 0 Å². The lowest BCUT2D eigenvalue weighted by Crippen LogP contribution is -2.60. The summed E-state index contributed by atoms with van der Waals surface area (Å²) in [5, 5.41) is 11.3. The van der Waals surface area contributed by atoms with Crippen LogP contribution in [0.3, 0.4) is 0 Å². The summed E-state index contributed by atoms with van der Waals surface area (Å²) < 4.78 is 5.62. The number of aromatic hydroxyl groups is 1. The molecular formula is C29H31BrCl2N2O6. The number of para-hydroxylation sites is 1. The smallest absolute Gasteiger partial charge is 0.254 e. The van der Waals surface area contributed by atoms with Crippen molar-refractivity contribution in [3.05, 3.63) is 35.4 Å². The Bertz CT molecular complexity index is 1330. The Morgan fingerprint density at radius 3 is 2.45 bits per heavy atom. The topological polar surface area (TPSA) is 104 Å². The van der Waals surface area contributed by atoms with Gasteiger partial charge in [0.05, 0.1) is 23.9 Å². The predicted molar refractivity (Wildman–Crippen MR) is 151 cm³/mol. The molecule has 2 heterocycles. The molecule has 0 spiro atoms. The van der Waals surface area contributed by atoms with E-state index in [0.29, 0.717) is 24.2 Å². The Morgan fingerprint density at radius 1 is 1.05 bits per heavy atom. The van der Waals surface area contributed by atoms with E-state index in [1.807, 2.05) is 6.08 Å². The molecular weight excluding hydrogens is 623 g/mol. The molecule has 8 nitrogen and oxygen atoms in total. The largest absolute Gasteiger partial charge is 0.504 e. The van der Waals surface area contributed by atoms with Crippen LogP contribution in [0, 0.1) is 17.8 Å². The standard InChI is InChI=1S/C29H31BrCl2N2O6/c1-2-40-20-10-6-9-18(23(20)35)22-16-11-12-17-21(25(37)34(24(17)36)15-7-4-3-5-8-15)19(16)13-28(31)26(38)33(14-30)27(39)29(22,28)32/h6,9-11,15,17,19,21-22,35H,2-5,7-8,12-14H2,1H3/t17-,19+,21-,22+,28+,29-/m0/s1. The Kier molecular flexibility index (Phi) is 7.02. The molecule has 0 radical (unpaired) electrons. The first-order valence-electron chi connectivity index (χ1n) is 13.9. The number of hydrogen-bond acceptors (Lipinski definition) is 6. The second kappa shape index (κ2) is 10.0. The number of carbonyl (C=O) groups excluding carboxylic acids is 4. The van der Waals surface area contributed by atoms with Gasteiger partial charge in [-0.3, -0.25) is 29.0 Å². The highest BCUT2D eigenvalue weighted by Crippen LogP contribution is 2.66. The Morgan fingerprint density at radius 2 is 1.77 bits per heavy atom. The minimum atomic E-state index is -1.97. The fourth-order valence-corrected chi connectivity index (χ4v) is 9.28. The van der Waals surface area contributed by atoms with E-state index in [-0.39, 0.29) is 41.2 Å². The van der Waals surface area contributed by atoms with E-state index in [4.69, 9.17) is 27.9 Å². The number of halogens is 3. The number of ether oxygens (including phenoxy) is 1. The number of alkyl halides is 3. The SMILES string of the molecule is CCOc1cccc([C@H]2C3=CC[C@@H]4C(=O)N(C5CCCCC5)C(=O)[C@@H]4[C@@H]3C[C@@]3(Cl)C(=O)N(CBr)C(=O)[C@@]23Cl)c1O. The molecule has 4 amide bonds. The van der Waals surface area contributed by atoms with Crippen LogP contribution in [-0.2, 0) is 19.2 Å². The molecule has 6 atom stereocenters. The molecule has 40 heavy (non-hydrogen) atoms. The van der Waals surface area contributed by atoms with E-state index in [0.717, 1.165) is 37.0 Å². The van der Waals surface area contributed by atoms with Crippen LogP contribution in [0.4, 0.5) is 0 Å². The van der Waals surface area contributed by atoms with Gasteiger partial charge in [-0.05, 0) is 44.6 Å². The van der Waals surface area contributed by atoms with E-state index < -0.39 is 45.2 Å². The van der Waals surface area contributed by atoms with Crippen LogP contribution in [0.15, 0.2) is 29.8 Å². The molecule has 1 N–H and O–H groups in total. The van der Waals surface area contributed by atoms with Crippen molar-refractivity contribution in [3.8, 4) is 11.5 Å². The van der Waals surface area contributed by atoms with Gasteiger partial charge < -0.3 is 9.84 Å². The molecule has 2 saturated carbocycles. The number of allylic oxidation sites excluding steroid dienone is 2. The van der Waals surface area contributed by atoms with Crippen molar-refractivity contribution in [3.63, 3.8) is 0 Å². The minimum absolute atomic E-state index is 0.0704. The summed E-state index contributed by atoms with van der Waals surface area (Å²) in [7, 11) is 0. The molecule has 0 unspecified atom stereocenters. The van der Waals surface area contributed by atoms with Crippen LogP contribution in [0.5, 0.6) is 11.5 Å². The molecule has 0 aromatic heterocycles. The Labute approximate surface area is 251 Å². The first-order valence-corrected chi connectivity index (χ1v) is 15.8. The highest BCUT2D eigenvalue weighted by molar-refractivity contribution is 9.09. The highest BCUT2D eigenvalue weighted by atomic mass is 79.9. The van der Waals surface area contributed by atoms with Gasteiger partial charge in [0.2, 0.25) is 11.8 Å². The molecule has 0 bridgehead atoms. The van der Waals surface area contributed by atoms with E-state index >= 15 is 0 Å². The number of hydrogen-bond donors (Lipinski definition) is 1.